The van der Waals surface area contributed by atoms with Crippen molar-refractivity contribution in [2.24, 2.45) is 0 Å². The van der Waals surface area contributed by atoms with E-state index in [1.807, 2.05) is 5.32 Å². The minimum atomic E-state index is -1.65. The van der Waals surface area contributed by atoms with Gasteiger partial charge in [-0.1, -0.05) is 6.07 Å². The maximum atomic E-state index is 13.5. The zero-order chi connectivity index (χ0) is 17.1. The van der Waals surface area contributed by atoms with Crippen molar-refractivity contribution in [1.82, 2.24) is 0 Å². The van der Waals surface area contributed by atoms with Crippen LogP contribution in [-0.2, 0) is 0 Å². The van der Waals surface area contributed by atoms with Gasteiger partial charge in [0.1, 0.15) is 5.69 Å². The van der Waals surface area contributed by atoms with Gasteiger partial charge in [0.2, 0.25) is 0 Å². The monoisotopic (exact) mass is 345 g/mol. The van der Waals surface area contributed by atoms with E-state index in [-0.39, 0.29) is 17.4 Å². The molecule has 0 aliphatic rings. The Morgan fingerprint density at radius 3 is 2.22 bits per heavy atom. The number of non-ortho nitro benzene ring substituents is 1. The summed E-state index contributed by atoms with van der Waals surface area (Å²) in [5.74, 6) is -6.48. The summed E-state index contributed by atoms with van der Waals surface area (Å²) in [4.78, 5) is 9.99. The van der Waals surface area contributed by atoms with Crippen LogP contribution >= 0.6 is 12.2 Å². The maximum Gasteiger partial charge on any atom is 0.271 e. The van der Waals surface area contributed by atoms with Crippen molar-refractivity contribution in [3.05, 3.63) is 63.7 Å². The van der Waals surface area contributed by atoms with Crippen molar-refractivity contribution < 1.29 is 22.5 Å². The first-order chi connectivity index (χ1) is 10.8. The molecular formula is C13H7F4N3O2S. The number of hydrogen-bond donors (Lipinski definition) is 2. The standard InChI is InChI=1S/C13H7F4N3O2S/c14-8-5-9(15)11(17)12(10(8)16)19-13(23)18-6-2-1-3-7(4-6)20(21)22/h1-5H,(H2,18,19,23). The van der Waals surface area contributed by atoms with Gasteiger partial charge in [-0.2, -0.15) is 0 Å². The Labute approximate surface area is 132 Å². The van der Waals surface area contributed by atoms with E-state index in [2.05, 4.69) is 5.32 Å². The van der Waals surface area contributed by atoms with Crippen LogP contribution in [0.1, 0.15) is 0 Å². The van der Waals surface area contributed by atoms with E-state index in [1.165, 1.54) is 18.2 Å². The molecule has 0 bridgehead atoms. The van der Waals surface area contributed by atoms with Crippen LogP contribution in [-0.4, -0.2) is 10.0 Å². The molecule has 23 heavy (non-hydrogen) atoms. The molecule has 120 valence electrons. The van der Waals surface area contributed by atoms with Gasteiger partial charge in [-0.15, -0.1) is 0 Å². The van der Waals surface area contributed by atoms with E-state index in [0.717, 1.165) is 6.07 Å². The highest BCUT2D eigenvalue weighted by Gasteiger charge is 2.20. The zero-order valence-corrected chi connectivity index (χ0v) is 11.9. The van der Waals surface area contributed by atoms with Crippen molar-refractivity contribution in [3.63, 3.8) is 0 Å². The number of rotatable bonds is 3. The summed E-state index contributed by atoms with van der Waals surface area (Å²) >= 11 is 4.76. The van der Waals surface area contributed by atoms with E-state index in [0.29, 0.717) is 0 Å². The van der Waals surface area contributed by atoms with E-state index < -0.39 is 39.0 Å². The average molecular weight is 345 g/mol. The molecule has 2 aromatic rings. The number of nitro benzene ring substituents is 1. The largest absolute Gasteiger partial charge is 0.332 e. The Balaban J connectivity index is 2.21. The lowest BCUT2D eigenvalue weighted by Gasteiger charge is -2.12. The number of halogens is 4. The van der Waals surface area contributed by atoms with Crippen LogP contribution in [0.3, 0.4) is 0 Å². The lowest BCUT2D eigenvalue weighted by atomic mass is 10.2. The summed E-state index contributed by atoms with van der Waals surface area (Å²) in [6, 6.07) is 5.16. The predicted molar refractivity (Wildman–Crippen MR) is 79.2 cm³/mol. The van der Waals surface area contributed by atoms with Gasteiger partial charge in [0.15, 0.2) is 28.4 Å². The lowest BCUT2D eigenvalue weighted by molar-refractivity contribution is -0.384. The van der Waals surface area contributed by atoms with Crippen molar-refractivity contribution in [2.45, 2.75) is 0 Å². The Hall–Kier alpha value is -2.75. The molecule has 2 aromatic carbocycles. The van der Waals surface area contributed by atoms with Gasteiger partial charge < -0.3 is 10.6 Å². The van der Waals surface area contributed by atoms with Crippen LogP contribution in [0.15, 0.2) is 30.3 Å². The molecule has 0 unspecified atom stereocenters. The summed E-state index contributed by atoms with van der Waals surface area (Å²) in [6.07, 6.45) is 0. The smallest absolute Gasteiger partial charge is 0.271 e. The molecule has 0 aliphatic carbocycles. The van der Waals surface area contributed by atoms with Gasteiger partial charge in [0, 0.05) is 23.9 Å². The van der Waals surface area contributed by atoms with Crippen LogP contribution in [0.4, 0.5) is 34.6 Å². The number of nitrogens with one attached hydrogen (secondary N) is 2. The first-order valence-corrected chi connectivity index (χ1v) is 6.36. The van der Waals surface area contributed by atoms with Crippen LogP contribution in [0.2, 0.25) is 0 Å². The summed E-state index contributed by atoms with van der Waals surface area (Å²) in [5.41, 5.74) is -1.20. The van der Waals surface area contributed by atoms with Crippen LogP contribution in [0.5, 0.6) is 0 Å². The fourth-order valence-electron chi connectivity index (χ4n) is 1.66. The van der Waals surface area contributed by atoms with E-state index >= 15 is 0 Å². The minimum Gasteiger partial charge on any atom is -0.332 e. The van der Waals surface area contributed by atoms with Gasteiger partial charge in [-0.3, -0.25) is 10.1 Å². The fourth-order valence-corrected chi connectivity index (χ4v) is 1.88. The van der Waals surface area contributed by atoms with Crippen molar-refractivity contribution in [3.8, 4) is 0 Å². The predicted octanol–water partition coefficient (Wildman–Crippen LogP) is 3.96. The molecule has 0 saturated carbocycles. The second kappa shape index (κ2) is 6.57. The summed E-state index contributed by atoms with van der Waals surface area (Å²) in [7, 11) is 0. The second-order valence-corrected chi connectivity index (χ2v) is 4.64. The third-order valence-electron chi connectivity index (χ3n) is 2.67. The van der Waals surface area contributed by atoms with Crippen molar-refractivity contribution in [1.29, 1.82) is 0 Å². The number of hydrogen-bond acceptors (Lipinski definition) is 3. The molecule has 0 radical (unpaired) electrons. The Morgan fingerprint density at radius 1 is 1.04 bits per heavy atom. The number of nitro groups is 1. The molecule has 0 aromatic heterocycles. The average Bonchev–Trinajstić information content (AvgIpc) is 2.50. The number of thiocarbonyl (C=S) groups is 1. The van der Waals surface area contributed by atoms with Crippen molar-refractivity contribution >= 4 is 34.4 Å². The Bertz CT molecular complexity index is 775. The van der Waals surface area contributed by atoms with E-state index in [9.17, 15) is 27.7 Å². The third-order valence-corrected chi connectivity index (χ3v) is 2.87. The first-order valence-electron chi connectivity index (χ1n) is 5.95. The third kappa shape index (κ3) is 3.72. The molecule has 0 spiro atoms. The highest BCUT2D eigenvalue weighted by atomic mass is 32.1. The van der Waals surface area contributed by atoms with Gasteiger partial charge in [0.05, 0.1) is 4.92 Å². The molecule has 0 aliphatic heterocycles. The van der Waals surface area contributed by atoms with Gasteiger partial charge in [-0.25, -0.2) is 17.6 Å². The molecule has 2 N–H and O–H groups in total. The molecule has 0 heterocycles. The molecule has 0 saturated heterocycles. The van der Waals surface area contributed by atoms with Crippen LogP contribution < -0.4 is 10.6 Å². The van der Waals surface area contributed by atoms with E-state index in [1.54, 1.807) is 0 Å². The summed E-state index contributed by atoms with van der Waals surface area (Å²) in [6.45, 7) is 0. The number of benzene rings is 2. The van der Waals surface area contributed by atoms with Crippen LogP contribution in [0, 0.1) is 33.4 Å². The highest BCUT2D eigenvalue weighted by Crippen LogP contribution is 2.24. The number of nitrogens with zero attached hydrogens (tertiary/aromatic N) is 1. The Kier molecular flexibility index (Phi) is 4.74. The fraction of sp³-hybridized carbons (Fsp3) is 0. The Morgan fingerprint density at radius 2 is 1.65 bits per heavy atom. The topological polar surface area (TPSA) is 67.2 Å². The normalized spacial score (nSPS) is 10.3. The van der Waals surface area contributed by atoms with Crippen LogP contribution in [0.25, 0.3) is 0 Å². The first kappa shape index (κ1) is 16.6. The number of anilines is 2. The molecular weight excluding hydrogens is 338 g/mol. The maximum absolute atomic E-state index is 13.5. The van der Waals surface area contributed by atoms with Gasteiger partial charge >= 0.3 is 0 Å². The summed E-state index contributed by atoms with van der Waals surface area (Å²) < 4.78 is 53.1. The minimum absolute atomic E-state index is 0.0624. The molecule has 5 nitrogen and oxygen atoms in total. The zero-order valence-electron chi connectivity index (χ0n) is 11.1. The van der Waals surface area contributed by atoms with Gasteiger partial charge in [-0.05, 0) is 18.3 Å². The van der Waals surface area contributed by atoms with E-state index in [4.69, 9.17) is 12.2 Å². The lowest BCUT2D eigenvalue weighted by Crippen LogP contribution is -2.21. The second-order valence-electron chi connectivity index (χ2n) is 4.23. The SMILES string of the molecule is O=[N+]([O-])c1cccc(NC(=S)Nc2c(F)c(F)cc(F)c2F)c1. The molecule has 2 rings (SSSR count). The molecule has 0 amide bonds. The summed E-state index contributed by atoms with van der Waals surface area (Å²) in [5, 5.41) is 14.6. The molecule has 0 fully saturated rings. The molecule has 10 heteroatoms. The van der Waals surface area contributed by atoms with Crippen molar-refractivity contribution in [2.75, 3.05) is 10.6 Å². The van der Waals surface area contributed by atoms with Gasteiger partial charge in [0.25, 0.3) is 5.69 Å². The highest BCUT2D eigenvalue weighted by molar-refractivity contribution is 7.80. The quantitative estimate of drug-likeness (QED) is 0.290. The molecule has 0 atom stereocenters.